The second kappa shape index (κ2) is 7.08. The van der Waals surface area contributed by atoms with Crippen molar-refractivity contribution in [3.8, 4) is 0 Å². The van der Waals surface area contributed by atoms with Crippen LogP contribution in [0.15, 0.2) is 18.2 Å². The van der Waals surface area contributed by atoms with Gasteiger partial charge >= 0.3 is 0 Å². The maximum Gasteiger partial charge on any atom is 0.172 e. The molecule has 2 fully saturated rings. The Morgan fingerprint density at radius 1 is 0.704 bits per heavy atom. The van der Waals surface area contributed by atoms with Crippen molar-refractivity contribution in [2.24, 2.45) is 22.9 Å². The van der Waals surface area contributed by atoms with Crippen LogP contribution in [0.25, 0.3) is 11.0 Å². The molecular formula is C18H29N9. The third-order valence-electron chi connectivity index (χ3n) is 5.28. The lowest BCUT2D eigenvalue weighted by Crippen LogP contribution is -2.55. The number of anilines is 3. The summed E-state index contributed by atoms with van der Waals surface area (Å²) in [5.41, 5.74) is 33.0. The highest BCUT2D eigenvalue weighted by Gasteiger charge is 2.31. The summed E-state index contributed by atoms with van der Waals surface area (Å²) in [4.78, 5) is 14.1. The average molecular weight is 371 g/mol. The van der Waals surface area contributed by atoms with E-state index in [4.69, 9.17) is 38.6 Å². The number of aromatic nitrogens is 2. The van der Waals surface area contributed by atoms with Gasteiger partial charge in [-0.1, -0.05) is 0 Å². The minimum Gasteiger partial charge on any atom is -0.399 e. The Hall–Kier alpha value is -2.20. The molecule has 9 heteroatoms. The third kappa shape index (κ3) is 3.77. The van der Waals surface area contributed by atoms with E-state index in [1.165, 1.54) is 0 Å². The van der Waals surface area contributed by atoms with Gasteiger partial charge in [-0.05, 0) is 31.0 Å². The van der Waals surface area contributed by atoms with Crippen LogP contribution in [0.5, 0.6) is 0 Å². The van der Waals surface area contributed by atoms with Crippen LogP contribution in [-0.4, -0.2) is 60.3 Å². The Kier molecular flexibility index (Phi) is 4.77. The lowest BCUT2D eigenvalue weighted by Gasteiger charge is -2.40. The fraction of sp³-hybridized carbons (Fsp3) is 0.556. The highest BCUT2D eigenvalue weighted by molar-refractivity contribution is 5.83. The number of hydrogen-bond acceptors (Lipinski definition) is 9. The van der Waals surface area contributed by atoms with Crippen molar-refractivity contribution < 1.29 is 0 Å². The van der Waals surface area contributed by atoms with Gasteiger partial charge in [-0.25, -0.2) is 9.97 Å². The van der Waals surface area contributed by atoms with Crippen LogP contribution in [0.3, 0.4) is 0 Å². The van der Waals surface area contributed by atoms with Crippen molar-refractivity contribution in [3.05, 3.63) is 18.2 Å². The van der Waals surface area contributed by atoms with Gasteiger partial charge < -0.3 is 38.5 Å². The first-order valence-corrected chi connectivity index (χ1v) is 9.48. The summed E-state index contributed by atoms with van der Waals surface area (Å²) in [6.45, 7) is 2.77. The molecule has 2 aliphatic rings. The van der Waals surface area contributed by atoms with Crippen LogP contribution in [0.1, 0.15) is 12.8 Å². The molecule has 9 nitrogen and oxygen atoms in total. The molecule has 2 saturated heterocycles. The van der Waals surface area contributed by atoms with Crippen LogP contribution in [0, 0.1) is 0 Å². The second-order valence-corrected chi connectivity index (χ2v) is 7.94. The molecule has 0 amide bonds. The van der Waals surface area contributed by atoms with Crippen LogP contribution in [-0.2, 0) is 0 Å². The Morgan fingerprint density at radius 3 is 1.63 bits per heavy atom. The molecule has 0 spiro atoms. The fourth-order valence-corrected chi connectivity index (χ4v) is 4.18. The van der Waals surface area contributed by atoms with Gasteiger partial charge in [0.1, 0.15) is 0 Å². The summed E-state index contributed by atoms with van der Waals surface area (Å²) in [6, 6.07) is 5.60. The SMILES string of the molecule is Nc1ccc2nc(N3C[C@H](N)C[C@H](N)C3)c(N3C[C@H](N)C[C@H](N)C3)nc2c1. The van der Waals surface area contributed by atoms with Crippen molar-refractivity contribution in [2.45, 2.75) is 37.0 Å². The number of hydrogen-bond donors (Lipinski definition) is 5. The molecule has 0 aliphatic carbocycles. The number of rotatable bonds is 2. The minimum atomic E-state index is 0.00538. The van der Waals surface area contributed by atoms with Gasteiger partial charge in [-0.2, -0.15) is 0 Å². The maximum absolute atomic E-state index is 6.22. The molecule has 4 atom stereocenters. The first-order valence-electron chi connectivity index (χ1n) is 9.48. The topological polar surface area (TPSA) is 162 Å². The van der Waals surface area contributed by atoms with Crippen LogP contribution in [0.4, 0.5) is 17.3 Å². The summed E-state index contributed by atoms with van der Waals surface area (Å²) >= 11 is 0. The summed E-state index contributed by atoms with van der Waals surface area (Å²) in [5, 5.41) is 0. The number of nitrogens with zero attached hydrogens (tertiary/aromatic N) is 4. The van der Waals surface area contributed by atoms with Crippen molar-refractivity contribution in [1.82, 2.24) is 9.97 Å². The average Bonchev–Trinajstić information content (AvgIpc) is 2.59. The standard InChI is InChI=1S/C18H29N9/c19-10-1-2-15-16(5-10)25-18(27-8-13(22)4-14(23)9-27)17(24-15)26-6-11(20)3-12(21)7-26/h1-2,5,11-14H,3-4,6-9,19-23H2/t11-,12+,13-,14+. The molecular weight excluding hydrogens is 342 g/mol. The molecule has 2 aromatic rings. The maximum atomic E-state index is 6.22. The van der Waals surface area contributed by atoms with Crippen LogP contribution >= 0.6 is 0 Å². The monoisotopic (exact) mass is 371 g/mol. The predicted molar refractivity (Wildman–Crippen MR) is 110 cm³/mol. The summed E-state index contributed by atoms with van der Waals surface area (Å²) in [5.74, 6) is 1.57. The molecule has 0 radical (unpaired) electrons. The molecule has 0 bridgehead atoms. The highest BCUT2D eigenvalue weighted by atomic mass is 15.3. The molecule has 27 heavy (non-hydrogen) atoms. The van der Waals surface area contributed by atoms with Gasteiger partial charge in [0.15, 0.2) is 11.6 Å². The van der Waals surface area contributed by atoms with Gasteiger partial charge in [0.25, 0.3) is 0 Å². The Balaban J connectivity index is 1.81. The Labute approximate surface area is 158 Å². The number of fused-ring (bicyclic) bond motifs is 1. The molecule has 146 valence electrons. The van der Waals surface area contributed by atoms with E-state index >= 15 is 0 Å². The van der Waals surface area contributed by atoms with E-state index in [2.05, 4.69) is 9.80 Å². The highest BCUT2D eigenvalue weighted by Crippen LogP contribution is 2.32. The predicted octanol–water partition coefficient (Wildman–Crippen LogP) is -1.06. The molecule has 4 rings (SSSR count). The molecule has 1 aromatic carbocycles. The number of benzene rings is 1. The van der Waals surface area contributed by atoms with E-state index in [0.29, 0.717) is 31.9 Å². The van der Waals surface area contributed by atoms with E-state index in [0.717, 1.165) is 35.5 Å². The molecule has 3 heterocycles. The Bertz CT molecular complexity index is 806. The lowest BCUT2D eigenvalue weighted by molar-refractivity contribution is 0.441. The largest absolute Gasteiger partial charge is 0.399 e. The number of piperidine rings is 2. The Morgan fingerprint density at radius 2 is 1.15 bits per heavy atom. The second-order valence-electron chi connectivity index (χ2n) is 7.94. The van der Waals surface area contributed by atoms with E-state index in [-0.39, 0.29) is 24.2 Å². The van der Waals surface area contributed by atoms with E-state index in [1.54, 1.807) is 0 Å². The zero-order chi connectivity index (χ0) is 19.1. The van der Waals surface area contributed by atoms with Gasteiger partial charge in [-0.3, -0.25) is 0 Å². The van der Waals surface area contributed by atoms with Gasteiger partial charge in [-0.15, -0.1) is 0 Å². The summed E-state index contributed by atoms with van der Waals surface area (Å²) < 4.78 is 0. The minimum absolute atomic E-state index is 0.00538. The van der Waals surface area contributed by atoms with Gasteiger partial charge in [0.2, 0.25) is 0 Å². The first kappa shape index (κ1) is 18.2. The van der Waals surface area contributed by atoms with E-state index in [1.807, 2.05) is 18.2 Å². The van der Waals surface area contributed by atoms with E-state index in [9.17, 15) is 0 Å². The molecule has 0 unspecified atom stereocenters. The zero-order valence-corrected chi connectivity index (χ0v) is 15.5. The molecule has 2 aliphatic heterocycles. The van der Waals surface area contributed by atoms with Crippen molar-refractivity contribution in [2.75, 3.05) is 41.7 Å². The molecule has 0 saturated carbocycles. The van der Waals surface area contributed by atoms with Crippen LogP contribution in [0.2, 0.25) is 0 Å². The van der Waals surface area contributed by atoms with Crippen LogP contribution < -0.4 is 38.5 Å². The third-order valence-corrected chi connectivity index (χ3v) is 5.28. The number of nitrogen functional groups attached to an aromatic ring is 1. The molecule has 1 aromatic heterocycles. The smallest absolute Gasteiger partial charge is 0.172 e. The van der Waals surface area contributed by atoms with Crippen molar-refractivity contribution in [3.63, 3.8) is 0 Å². The quantitative estimate of drug-likeness (QED) is 0.414. The fourth-order valence-electron chi connectivity index (χ4n) is 4.18. The summed E-state index contributed by atoms with van der Waals surface area (Å²) in [6.07, 6.45) is 1.61. The number of nitrogens with two attached hydrogens (primary N) is 5. The van der Waals surface area contributed by atoms with E-state index < -0.39 is 0 Å². The van der Waals surface area contributed by atoms with Gasteiger partial charge in [0, 0.05) is 56.0 Å². The molecule has 10 N–H and O–H groups in total. The summed E-state index contributed by atoms with van der Waals surface area (Å²) in [7, 11) is 0. The zero-order valence-electron chi connectivity index (χ0n) is 15.5. The van der Waals surface area contributed by atoms with Gasteiger partial charge in [0.05, 0.1) is 11.0 Å². The van der Waals surface area contributed by atoms with Crippen molar-refractivity contribution >= 4 is 28.4 Å². The lowest BCUT2D eigenvalue weighted by atomic mass is 10.0. The first-order chi connectivity index (χ1) is 12.9. The normalized spacial score (nSPS) is 29.3. The van der Waals surface area contributed by atoms with Crippen molar-refractivity contribution in [1.29, 1.82) is 0 Å².